The van der Waals surface area contributed by atoms with Crippen molar-refractivity contribution >= 4 is 40.5 Å². The van der Waals surface area contributed by atoms with Gasteiger partial charge >= 0.3 is 5.97 Å². The van der Waals surface area contributed by atoms with Gasteiger partial charge in [0.1, 0.15) is 17.8 Å². The summed E-state index contributed by atoms with van der Waals surface area (Å²) in [5.41, 5.74) is 4.18. The predicted octanol–water partition coefficient (Wildman–Crippen LogP) is 4.34. The number of aryl methyl sites for hydroxylation is 1. The molecule has 18 nitrogen and oxygen atoms in total. The molecule has 2 aromatic carbocycles. The number of methoxy groups -OCH3 is 1. The van der Waals surface area contributed by atoms with E-state index in [0.717, 1.165) is 48.9 Å². The summed E-state index contributed by atoms with van der Waals surface area (Å²) < 4.78 is 14.0. The molecule has 388 valence electrons. The number of rotatable bonds is 12. The van der Waals surface area contributed by atoms with E-state index in [0.29, 0.717) is 30.6 Å². The van der Waals surface area contributed by atoms with Gasteiger partial charge in [-0.25, -0.2) is 4.79 Å². The maximum absolute atomic E-state index is 14.8. The molecule has 1 unspecified atom stereocenters. The number of β-amino-alcohol motifs (C(OH)–C–C–N with tert-alkyl or cyclic N) is 1. The summed E-state index contributed by atoms with van der Waals surface area (Å²) >= 11 is 0. The number of pyridine rings is 1. The van der Waals surface area contributed by atoms with Gasteiger partial charge in [-0.15, -0.1) is 0 Å². The van der Waals surface area contributed by atoms with E-state index in [1.54, 1.807) is 39.3 Å². The molecule has 2 aromatic heterocycles. The summed E-state index contributed by atoms with van der Waals surface area (Å²) in [6.07, 6.45) is 4.90. The number of benzene rings is 2. The number of amides is 4. The van der Waals surface area contributed by atoms with Crippen LogP contribution >= 0.6 is 0 Å². The van der Waals surface area contributed by atoms with Gasteiger partial charge in [0.05, 0.1) is 30.6 Å². The quantitative estimate of drug-likeness (QED) is 0.0988. The van der Waals surface area contributed by atoms with Gasteiger partial charge in [-0.3, -0.25) is 29.2 Å². The maximum Gasteiger partial charge on any atom is 0.355 e. The highest BCUT2D eigenvalue weighted by Crippen LogP contribution is 2.42. The topological polar surface area (TPSA) is 219 Å². The summed E-state index contributed by atoms with van der Waals surface area (Å²) in [4.78, 5) is 80.0. The lowest BCUT2D eigenvalue weighted by Gasteiger charge is -2.40. The minimum Gasteiger partial charge on any atom is -0.508 e. The Bertz CT molecular complexity index is 2730. The lowest BCUT2D eigenvalue weighted by atomic mass is 9.84. The second-order valence-corrected chi connectivity index (χ2v) is 21.1. The van der Waals surface area contributed by atoms with Crippen LogP contribution in [-0.4, -0.2) is 159 Å². The Morgan fingerprint density at radius 2 is 1.78 bits per heavy atom. The zero-order chi connectivity index (χ0) is 52.4. The molecule has 72 heavy (non-hydrogen) atoms. The van der Waals surface area contributed by atoms with Crippen molar-refractivity contribution < 1.29 is 48.8 Å². The van der Waals surface area contributed by atoms with E-state index >= 15 is 0 Å². The van der Waals surface area contributed by atoms with Crippen molar-refractivity contribution in [1.29, 1.82) is 0 Å². The lowest BCUT2D eigenvalue weighted by Crippen LogP contribution is -2.67. The third-order valence-corrected chi connectivity index (χ3v) is 14.1. The van der Waals surface area contributed by atoms with Crippen molar-refractivity contribution in [2.24, 2.45) is 11.3 Å². The summed E-state index contributed by atoms with van der Waals surface area (Å²) in [5, 5.41) is 39.9. The fourth-order valence-corrected chi connectivity index (χ4v) is 10.4. The molecule has 0 aliphatic carbocycles. The van der Waals surface area contributed by atoms with Crippen molar-refractivity contribution in [3.8, 4) is 28.1 Å². The van der Waals surface area contributed by atoms with Crippen LogP contribution in [0.1, 0.15) is 83.7 Å². The standard InChI is InChI=1S/C54H72N8O10/c1-11-61-43-18-17-36-29-40(43)41(47(61)39-15-12-21-55-45(39)34(4)71-10)30-52(5,6)32-72-51(68)54(70)19-14-23-62(57-54)49(66)42(27-35-25-37(36)28-38(63)26-35)56-48(65)46(33(2)3)59(9)50(67)53(69)20-24-60(31-53)44(64)16-13-22-58(7)8/h12-13,15-18,21,25-26,28-29,33-34,42,46,57,63,69-70H,11,14,19-20,22-24,27,30-32H2,1-10H3,(H,56,65)/b16-13+/t34-,42-,46-,53?,54-/m0/s1. The number of cyclic esters (lactones) is 1. The number of likely N-dealkylation sites (tertiary alicyclic amines) is 1. The Morgan fingerprint density at radius 1 is 1.03 bits per heavy atom. The van der Waals surface area contributed by atoms with Gasteiger partial charge in [-0.2, -0.15) is 5.43 Å². The monoisotopic (exact) mass is 993 g/mol. The first-order valence-corrected chi connectivity index (χ1v) is 24.8. The molecule has 2 fully saturated rings. The first kappa shape index (κ1) is 53.6. The van der Waals surface area contributed by atoms with E-state index in [2.05, 4.69) is 28.3 Å². The number of aromatic nitrogens is 2. The zero-order valence-corrected chi connectivity index (χ0v) is 43.3. The normalized spacial score (nSPS) is 22.6. The number of fused-ring (bicyclic) bond motifs is 6. The Labute approximate surface area is 421 Å². The van der Waals surface area contributed by atoms with Crippen LogP contribution in [0.25, 0.3) is 33.3 Å². The van der Waals surface area contributed by atoms with Crippen LogP contribution in [0.15, 0.2) is 66.9 Å². The molecule has 3 aliphatic heterocycles. The van der Waals surface area contributed by atoms with Crippen LogP contribution in [0.3, 0.4) is 0 Å². The fraction of sp³-hybridized carbons (Fsp3) is 0.519. The number of aromatic hydroxyl groups is 1. The number of likely N-dealkylation sites (N-methyl/N-ethyl adjacent to an activating group) is 2. The van der Waals surface area contributed by atoms with Crippen molar-refractivity contribution in [3.05, 3.63) is 83.7 Å². The largest absolute Gasteiger partial charge is 0.508 e. The Morgan fingerprint density at radius 3 is 2.47 bits per heavy atom. The molecule has 0 saturated carbocycles. The minimum atomic E-state index is -2.30. The van der Waals surface area contributed by atoms with Crippen molar-refractivity contribution in [2.45, 2.75) is 110 Å². The highest BCUT2D eigenvalue weighted by Gasteiger charge is 2.49. The van der Waals surface area contributed by atoms with Gasteiger partial charge in [-0.05, 0) is 105 Å². The van der Waals surface area contributed by atoms with Crippen LogP contribution in [0, 0.1) is 11.3 Å². The van der Waals surface area contributed by atoms with Crippen LogP contribution in [0.4, 0.5) is 0 Å². The van der Waals surface area contributed by atoms with Gasteiger partial charge in [-0.1, -0.05) is 45.9 Å². The van der Waals surface area contributed by atoms with Gasteiger partial charge in [0.15, 0.2) is 5.60 Å². The van der Waals surface area contributed by atoms with E-state index < -0.39 is 58.4 Å². The number of ether oxygens (including phenoxy) is 2. The lowest BCUT2D eigenvalue weighted by molar-refractivity contribution is -0.189. The minimum absolute atomic E-state index is 0.0424. The zero-order valence-electron chi connectivity index (χ0n) is 43.3. The number of carbonyl (C=O) groups is 5. The number of aliphatic hydroxyl groups is 2. The fourth-order valence-electron chi connectivity index (χ4n) is 10.4. The number of phenols is 1. The molecule has 4 amide bonds. The average Bonchev–Trinajstić information content (AvgIpc) is 3.89. The van der Waals surface area contributed by atoms with Gasteiger partial charge in [0, 0.05) is 93.8 Å². The maximum atomic E-state index is 14.8. The van der Waals surface area contributed by atoms with Crippen LogP contribution in [0.5, 0.6) is 5.75 Å². The molecular formula is C54H72N8O10. The molecule has 5 atom stereocenters. The number of hydrogen-bond acceptors (Lipinski definition) is 13. The second-order valence-electron chi connectivity index (χ2n) is 21.1. The molecule has 2 saturated heterocycles. The summed E-state index contributed by atoms with van der Waals surface area (Å²) in [7, 11) is 6.79. The van der Waals surface area contributed by atoms with E-state index in [-0.39, 0.29) is 69.7 Å². The predicted molar refractivity (Wildman–Crippen MR) is 272 cm³/mol. The molecule has 4 aromatic rings. The third-order valence-electron chi connectivity index (χ3n) is 14.1. The number of phenolic OH excluding ortho intramolecular Hbond substituents is 1. The number of esters is 1. The van der Waals surface area contributed by atoms with Crippen molar-refractivity contribution in [2.75, 3.05) is 61.0 Å². The van der Waals surface area contributed by atoms with Gasteiger partial charge in [0.2, 0.25) is 17.5 Å². The molecular weight excluding hydrogens is 921 g/mol. The molecule has 0 radical (unpaired) electrons. The van der Waals surface area contributed by atoms with E-state index in [1.807, 2.05) is 70.1 Å². The molecule has 7 rings (SSSR count). The first-order chi connectivity index (χ1) is 34.0. The summed E-state index contributed by atoms with van der Waals surface area (Å²) in [6.45, 7) is 12.4. The number of hydrazine groups is 1. The summed E-state index contributed by atoms with van der Waals surface area (Å²) in [5.74, 6) is -4.08. The van der Waals surface area contributed by atoms with Crippen molar-refractivity contribution in [1.82, 2.24) is 40.0 Å². The first-order valence-electron chi connectivity index (χ1n) is 24.8. The van der Waals surface area contributed by atoms with E-state index in [9.17, 15) is 39.3 Å². The number of hydrogen-bond donors (Lipinski definition) is 5. The molecule has 18 heteroatoms. The van der Waals surface area contributed by atoms with Crippen LogP contribution in [-0.2, 0) is 52.8 Å². The highest BCUT2D eigenvalue weighted by atomic mass is 16.6. The van der Waals surface area contributed by atoms with Gasteiger partial charge < -0.3 is 49.4 Å². The van der Waals surface area contributed by atoms with E-state index in [4.69, 9.17) is 14.5 Å². The number of nitrogens with zero attached hydrogens (tertiary/aromatic N) is 6. The average molecular weight is 993 g/mol. The Hall–Kier alpha value is -6.18. The molecule has 6 bridgehead atoms. The second kappa shape index (κ2) is 21.5. The van der Waals surface area contributed by atoms with Crippen LogP contribution in [0.2, 0.25) is 0 Å². The highest BCUT2D eigenvalue weighted by molar-refractivity contribution is 5.97. The van der Waals surface area contributed by atoms with Crippen molar-refractivity contribution in [3.63, 3.8) is 0 Å². The number of nitrogens with one attached hydrogen (secondary N) is 2. The van der Waals surface area contributed by atoms with Crippen LogP contribution < -0.4 is 10.7 Å². The number of carbonyl (C=O) groups excluding carboxylic acids is 5. The Kier molecular flexibility index (Phi) is 16.0. The smallest absolute Gasteiger partial charge is 0.355 e. The SMILES string of the molecule is CCn1c(-c2cccnc2[C@H](C)OC)c2c3cc(ccc31)-c1cc(O)cc(c1)C[C@H](NC(=O)[C@H](C(C)C)N(C)C(=O)C1(O)CCN(C(=O)/C=C/CN(C)C)C1)C(=O)N1CCC[C@@](O)(N1)C(=O)OCC(C)(C)C2. The molecule has 3 aliphatic rings. The molecule has 5 heterocycles. The molecule has 5 N–H and O–H groups in total. The molecule has 0 spiro atoms. The summed E-state index contributed by atoms with van der Waals surface area (Å²) in [6, 6.07) is 12.5. The van der Waals surface area contributed by atoms with E-state index in [1.165, 1.54) is 24.1 Å². The Balaban J connectivity index is 1.29. The third kappa shape index (κ3) is 11.2. The van der Waals surface area contributed by atoms with Gasteiger partial charge in [0.25, 0.3) is 11.8 Å².